The number of aromatic nitrogens is 1. The summed E-state index contributed by atoms with van der Waals surface area (Å²) in [6, 6.07) is 15.1. The van der Waals surface area contributed by atoms with E-state index >= 15 is 0 Å². The van der Waals surface area contributed by atoms with Crippen molar-refractivity contribution in [2.45, 2.75) is 25.2 Å². The van der Waals surface area contributed by atoms with Crippen LogP contribution in [0, 0.1) is 5.95 Å². The SMILES string of the molecule is CCN(CC)Sc1ccc(-c2cc(-c3ccc4c(c3)CCNC4=O)c(N)nc2F)cc1. The maximum absolute atomic E-state index is 14.7. The van der Waals surface area contributed by atoms with Gasteiger partial charge in [-0.1, -0.05) is 38.1 Å². The number of nitrogen functional groups attached to an aromatic ring is 1. The summed E-state index contributed by atoms with van der Waals surface area (Å²) in [6.07, 6.45) is 0.752. The lowest BCUT2D eigenvalue weighted by Crippen LogP contribution is -2.31. The van der Waals surface area contributed by atoms with Crippen molar-refractivity contribution in [3.8, 4) is 22.3 Å². The highest BCUT2D eigenvalue weighted by Gasteiger charge is 2.19. The zero-order valence-electron chi connectivity index (χ0n) is 17.6. The number of rotatable bonds is 6. The highest BCUT2D eigenvalue weighted by Crippen LogP contribution is 2.34. The minimum Gasteiger partial charge on any atom is -0.383 e. The number of hydrogen-bond acceptors (Lipinski definition) is 5. The molecular weight excluding hydrogens is 411 g/mol. The third-order valence-electron chi connectivity index (χ3n) is 5.45. The first kappa shape index (κ1) is 21.3. The Balaban J connectivity index is 1.68. The average Bonchev–Trinajstić information content (AvgIpc) is 2.78. The summed E-state index contributed by atoms with van der Waals surface area (Å²) in [5, 5.41) is 2.84. The van der Waals surface area contributed by atoms with Crippen LogP contribution in [-0.2, 0) is 6.42 Å². The van der Waals surface area contributed by atoms with Crippen LogP contribution in [0.15, 0.2) is 53.4 Å². The van der Waals surface area contributed by atoms with E-state index in [0.717, 1.165) is 41.1 Å². The molecule has 0 bridgehead atoms. The number of amides is 1. The molecule has 3 N–H and O–H groups in total. The van der Waals surface area contributed by atoms with E-state index in [9.17, 15) is 9.18 Å². The van der Waals surface area contributed by atoms with Crippen LogP contribution < -0.4 is 11.1 Å². The van der Waals surface area contributed by atoms with Gasteiger partial charge < -0.3 is 11.1 Å². The van der Waals surface area contributed by atoms with Gasteiger partial charge in [0, 0.05) is 41.2 Å². The lowest BCUT2D eigenvalue weighted by Gasteiger charge is -2.18. The van der Waals surface area contributed by atoms with Crippen molar-refractivity contribution in [2.24, 2.45) is 0 Å². The Kier molecular flexibility index (Phi) is 6.25. The number of halogens is 1. The number of fused-ring (bicyclic) bond motifs is 1. The zero-order chi connectivity index (χ0) is 22.0. The van der Waals surface area contributed by atoms with Gasteiger partial charge in [0.1, 0.15) is 5.82 Å². The van der Waals surface area contributed by atoms with E-state index in [0.29, 0.717) is 23.2 Å². The molecule has 0 spiro atoms. The number of carbonyl (C=O) groups excluding carboxylic acids is 1. The van der Waals surface area contributed by atoms with Gasteiger partial charge in [0.05, 0.1) is 0 Å². The molecule has 0 aliphatic carbocycles. The lowest BCUT2D eigenvalue weighted by atomic mass is 9.94. The number of hydrogen-bond donors (Lipinski definition) is 2. The van der Waals surface area contributed by atoms with Crippen molar-refractivity contribution in [2.75, 3.05) is 25.4 Å². The number of anilines is 1. The molecule has 0 fully saturated rings. The summed E-state index contributed by atoms with van der Waals surface area (Å²) < 4.78 is 17.0. The monoisotopic (exact) mass is 436 g/mol. The molecule has 160 valence electrons. The number of nitrogens with zero attached hydrogens (tertiary/aromatic N) is 2. The Hall–Kier alpha value is -2.90. The van der Waals surface area contributed by atoms with Gasteiger partial charge in [0.25, 0.3) is 5.91 Å². The fourth-order valence-corrected chi connectivity index (χ4v) is 4.54. The fourth-order valence-electron chi connectivity index (χ4n) is 3.73. The predicted octanol–water partition coefficient (Wildman–Crippen LogP) is 4.77. The van der Waals surface area contributed by atoms with Gasteiger partial charge in [0.2, 0.25) is 5.95 Å². The Morgan fingerprint density at radius 3 is 2.45 bits per heavy atom. The molecular formula is C24H25FN4OS. The molecule has 2 heterocycles. The molecule has 0 unspecified atom stereocenters. The smallest absolute Gasteiger partial charge is 0.251 e. The molecule has 2 aromatic carbocycles. The van der Waals surface area contributed by atoms with Crippen LogP contribution in [0.1, 0.15) is 29.8 Å². The fraction of sp³-hybridized carbons (Fsp3) is 0.250. The van der Waals surface area contributed by atoms with Gasteiger partial charge in [0.15, 0.2) is 0 Å². The Labute approximate surface area is 186 Å². The van der Waals surface area contributed by atoms with E-state index in [1.807, 2.05) is 36.4 Å². The molecule has 5 nitrogen and oxygen atoms in total. The van der Waals surface area contributed by atoms with Crippen molar-refractivity contribution in [3.05, 3.63) is 65.6 Å². The van der Waals surface area contributed by atoms with E-state index in [-0.39, 0.29) is 11.7 Å². The van der Waals surface area contributed by atoms with Crippen LogP contribution in [0.5, 0.6) is 0 Å². The maximum Gasteiger partial charge on any atom is 0.251 e. The van der Waals surface area contributed by atoms with Crippen molar-refractivity contribution in [1.29, 1.82) is 0 Å². The Bertz CT molecular complexity index is 1110. The zero-order valence-corrected chi connectivity index (χ0v) is 18.4. The molecule has 0 radical (unpaired) electrons. The van der Waals surface area contributed by atoms with E-state index in [1.165, 1.54) is 0 Å². The van der Waals surface area contributed by atoms with E-state index in [1.54, 1.807) is 24.1 Å². The minimum atomic E-state index is -0.595. The number of benzene rings is 2. The topological polar surface area (TPSA) is 71.2 Å². The quantitative estimate of drug-likeness (QED) is 0.430. The van der Waals surface area contributed by atoms with Crippen LogP contribution in [0.25, 0.3) is 22.3 Å². The van der Waals surface area contributed by atoms with Crippen LogP contribution in [-0.4, -0.2) is 34.8 Å². The third kappa shape index (κ3) is 4.43. The summed E-state index contributed by atoms with van der Waals surface area (Å²) in [5.41, 5.74) is 10.3. The van der Waals surface area contributed by atoms with Crippen molar-refractivity contribution in [3.63, 3.8) is 0 Å². The largest absolute Gasteiger partial charge is 0.383 e. The number of pyridine rings is 1. The third-order valence-corrected chi connectivity index (χ3v) is 6.71. The molecule has 1 amide bonds. The van der Waals surface area contributed by atoms with E-state index < -0.39 is 5.95 Å². The minimum absolute atomic E-state index is 0.0682. The Morgan fingerprint density at radius 1 is 1.03 bits per heavy atom. The standard InChI is InChI=1S/C24H25FN4OS/c1-3-29(4-2)31-18-8-5-15(6-9-18)20-14-21(23(26)28-22(20)25)16-7-10-19-17(13-16)11-12-27-24(19)30/h5-10,13-14H,3-4,11-12H2,1-2H3,(H2,26,28)(H,27,30). The first-order chi connectivity index (χ1) is 15.0. The number of nitrogens with two attached hydrogens (primary N) is 1. The highest BCUT2D eigenvalue weighted by atomic mass is 32.2. The molecule has 0 saturated heterocycles. The second-order valence-corrected chi connectivity index (χ2v) is 8.54. The van der Waals surface area contributed by atoms with Crippen LogP contribution >= 0.6 is 11.9 Å². The van der Waals surface area contributed by atoms with E-state index in [4.69, 9.17) is 5.73 Å². The first-order valence-electron chi connectivity index (χ1n) is 10.4. The molecule has 4 rings (SSSR count). The predicted molar refractivity (Wildman–Crippen MR) is 124 cm³/mol. The van der Waals surface area contributed by atoms with Crippen molar-refractivity contribution >= 4 is 23.7 Å². The Morgan fingerprint density at radius 2 is 1.74 bits per heavy atom. The van der Waals surface area contributed by atoms with Gasteiger partial charge in [-0.2, -0.15) is 4.39 Å². The molecule has 1 aliphatic heterocycles. The maximum atomic E-state index is 14.7. The second kappa shape index (κ2) is 9.08. The second-order valence-electron chi connectivity index (χ2n) is 7.37. The summed E-state index contributed by atoms with van der Waals surface area (Å²) in [7, 11) is 0. The molecule has 0 atom stereocenters. The van der Waals surface area contributed by atoms with Crippen LogP contribution in [0.2, 0.25) is 0 Å². The van der Waals surface area contributed by atoms with Gasteiger partial charge in [-0.25, -0.2) is 9.29 Å². The molecule has 1 aromatic heterocycles. The first-order valence-corrected chi connectivity index (χ1v) is 11.2. The summed E-state index contributed by atoms with van der Waals surface area (Å²) in [6.45, 7) is 6.75. The number of carbonyl (C=O) groups is 1. The van der Waals surface area contributed by atoms with Gasteiger partial charge in [-0.15, -0.1) is 0 Å². The molecule has 3 aromatic rings. The molecule has 0 saturated carbocycles. The molecule has 7 heteroatoms. The van der Waals surface area contributed by atoms with Crippen LogP contribution in [0.4, 0.5) is 10.2 Å². The van der Waals surface area contributed by atoms with E-state index in [2.05, 4.69) is 28.5 Å². The van der Waals surface area contributed by atoms with Crippen LogP contribution in [0.3, 0.4) is 0 Å². The van der Waals surface area contributed by atoms with Crippen molar-refractivity contribution in [1.82, 2.24) is 14.6 Å². The lowest BCUT2D eigenvalue weighted by molar-refractivity contribution is 0.0946. The van der Waals surface area contributed by atoms with Gasteiger partial charge >= 0.3 is 0 Å². The highest BCUT2D eigenvalue weighted by molar-refractivity contribution is 7.97. The normalized spacial score (nSPS) is 13.2. The molecule has 31 heavy (non-hydrogen) atoms. The molecule has 1 aliphatic rings. The number of nitrogens with one attached hydrogen (secondary N) is 1. The summed E-state index contributed by atoms with van der Waals surface area (Å²) in [4.78, 5) is 17.1. The van der Waals surface area contributed by atoms with Gasteiger partial charge in [-0.3, -0.25) is 4.79 Å². The summed E-state index contributed by atoms with van der Waals surface area (Å²) >= 11 is 1.68. The van der Waals surface area contributed by atoms with Crippen molar-refractivity contribution < 1.29 is 9.18 Å². The van der Waals surface area contributed by atoms with Gasteiger partial charge in [-0.05, 0) is 59.3 Å². The summed E-state index contributed by atoms with van der Waals surface area (Å²) in [5.74, 6) is -0.528. The average molecular weight is 437 g/mol.